The molecule has 0 spiro atoms. The Kier molecular flexibility index (Phi) is 7.34. The summed E-state index contributed by atoms with van der Waals surface area (Å²) in [6.07, 6.45) is 4.78. The smallest absolute Gasteiger partial charge is 0.321 e. The van der Waals surface area contributed by atoms with Gasteiger partial charge in [0.1, 0.15) is 10.6 Å². The highest BCUT2D eigenvalue weighted by Gasteiger charge is 2.24. The van der Waals surface area contributed by atoms with Crippen LogP contribution in [0.15, 0.2) is 34.2 Å². The second-order valence-corrected chi connectivity index (χ2v) is 9.72. The molecule has 0 saturated carbocycles. The number of aryl methyl sites for hydroxylation is 2. The molecule has 1 aliphatic carbocycles. The van der Waals surface area contributed by atoms with E-state index < -0.39 is 11.9 Å². The van der Waals surface area contributed by atoms with Crippen molar-refractivity contribution in [3.05, 3.63) is 45.1 Å². The highest BCUT2D eigenvalue weighted by Crippen LogP contribution is 2.36. The largest absolute Gasteiger partial charge is 0.495 e. The number of hydrogen-bond donors (Lipinski definition) is 2. The van der Waals surface area contributed by atoms with Gasteiger partial charge < -0.3 is 10.1 Å². The van der Waals surface area contributed by atoms with Crippen molar-refractivity contribution in [2.75, 3.05) is 19.4 Å². The number of urea groups is 1. The van der Waals surface area contributed by atoms with E-state index in [-0.39, 0.29) is 11.3 Å². The molecule has 1 aromatic carbocycles. The lowest BCUT2D eigenvalue weighted by Crippen LogP contribution is -2.40. The normalized spacial score (nSPS) is 12.9. The molecule has 1 aliphatic rings. The van der Waals surface area contributed by atoms with Gasteiger partial charge in [0, 0.05) is 11.4 Å². The van der Waals surface area contributed by atoms with Gasteiger partial charge in [0.05, 0.1) is 23.9 Å². The Hall–Kier alpha value is -2.85. The van der Waals surface area contributed by atoms with Crippen molar-refractivity contribution in [3.8, 4) is 11.4 Å². The molecule has 8 nitrogen and oxygen atoms in total. The number of aromatic nitrogens is 2. The monoisotopic (exact) mass is 486 g/mol. The van der Waals surface area contributed by atoms with Gasteiger partial charge in [-0.3, -0.25) is 19.5 Å². The van der Waals surface area contributed by atoms with Gasteiger partial charge in [-0.25, -0.2) is 9.78 Å². The van der Waals surface area contributed by atoms with E-state index in [4.69, 9.17) is 9.72 Å². The van der Waals surface area contributed by atoms with E-state index in [9.17, 15) is 14.4 Å². The molecular formula is C23H26N4O4S2. The molecule has 0 radical (unpaired) electrons. The number of carbonyl (C=O) groups is 2. The van der Waals surface area contributed by atoms with Crippen LogP contribution in [-0.4, -0.2) is 40.9 Å². The van der Waals surface area contributed by atoms with Crippen LogP contribution in [0.2, 0.25) is 0 Å². The summed E-state index contributed by atoms with van der Waals surface area (Å²) in [6.45, 7) is 2.42. The number of ether oxygens (including phenoxy) is 1. The SMILES string of the molecule is CCCNC(=O)NC(=O)CSc1nc2sc3c(c2c(=O)n1-c1ccccc1OC)CCCC3. The molecule has 3 aromatic rings. The Morgan fingerprint density at radius 3 is 2.82 bits per heavy atom. The number of thioether (sulfide) groups is 1. The standard InChI is InChI=1S/C23H26N4O4S2/c1-3-12-24-22(30)25-18(28)13-32-23-26-20-19(14-8-4-7-11-17(14)33-20)21(29)27(23)15-9-5-6-10-16(15)31-2/h5-6,9-10H,3-4,7-8,11-13H2,1-2H3,(H2,24,25,28,30). The summed E-state index contributed by atoms with van der Waals surface area (Å²) in [5.74, 6) is 0.0210. The zero-order valence-corrected chi connectivity index (χ0v) is 20.2. The van der Waals surface area contributed by atoms with Crippen LogP contribution < -0.4 is 20.9 Å². The van der Waals surface area contributed by atoms with Gasteiger partial charge in [-0.05, 0) is 49.8 Å². The third-order valence-electron chi connectivity index (χ3n) is 5.41. The van der Waals surface area contributed by atoms with E-state index in [0.29, 0.717) is 33.4 Å². The molecule has 0 saturated heterocycles. The minimum absolute atomic E-state index is 0.0578. The highest BCUT2D eigenvalue weighted by atomic mass is 32.2. The molecule has 3 amide bonds. The Morgan fingerprint density at radius 2 is 2.03 bits per heavy atom. The molecule has 0 bridgehead atoms. The van der Waals surface area contributed by atoms with Gasteiger partial charge >= 0.3 is 6.03 Å². The van der Waals surface area contributed by atoms with Crippen LogP contribution in [0.25, 0.3) is 15.9 Å². The average Bonchev–Trinajstić information content (AvgIpc) is 3.20. The quantitative estimate of drug-likeness (QED) is 0.390. The minimum Gasteiger partial charge on any atom is -0.495 e. The number of nitrogens with zero attached hydrogens (tertiary/aromatic N) is 2. The number of amides is 3. The fraction of sp³-hybridized carbons (Fsp3) is 0.391. The van der Waals surface area contributed by atoms with E-state index in [1.54, 1.807) is 30.6 Å². The van der Waals surface area contributed by atoms with Crippen LogP contribution >= 0.6 is 23.1 Å². The van der Waals surface area contributed by atoms with Crippen LogP contribution in [0.1, 0.15) is 36.6 Å². The summed E-state index contributed by atoms with van der Waals surface area (Å²) in [5, 5.41) is 5.97. The van der Waals surface area contributed by atoms with Gasteiger partial charge in [0.25, 0.3) is 5.56 Å². The minimum atomic E-state index is -0.529. The second kappa shape index (κ2) is 10.4. The topological polar surface area (TPSA) is 102 Å². The average molecular weight is 487 g/mol. The number of nitrogens with one attached hydrogen (secondary N) is 2. The van der Waals surface area contributed by atoms with Gasteiger partial charge in [-0.2, -0.15) is 0 Å². The lowest BCUT2D eigenvalue weighted by Gasteiger charge is -2.15. The number of carbonyl (C=O) groups excluding carboxylic acids is 2. The van der Waals surface area contributed by atoms with E-state index in [1.807, 2.05) is 19.1 Å². The Balaban J connectivity index is 1.74. The van der Waals surface area contributed by atoms with E-state index in [1.165, 1.54) is 9.44 Å². The van der Waals surface area contributed by atoms with E-state index in [0.717, 1.165) is 49.4 Å². The van der Waals surface area contributed by atoms with Crippen molar-refractivity contribution in [1.82, 2.24) is 20.2 Å². The van der Waals surface area contributed by atoms with Crippen LogP contribution in [0.4, 0.5) is 4.79 Å². The van der Waals surface area contributed by atoms with Crippen molar-refractivity contribution >= 4 is 45.3 Å². The third-order valence-corrected chi connectivity index (χ3v) is 7.53. The zero-order chi connectivity index (χ0) is 23.4. The molecule has 0 aliphatic heterocycles. The number of imide groups is 1. The lowest BCUT2D eigenvalue weighted by molar-refractivity contribution is -0.117. The molecule has 2 heterocycles. The van der Waals surface area contributed by atoms with Crippen molar-refractivity contribution in [3.63, 3.8) is 0 Å². The number of benzene rings is 1. The van der Waals surface area contributed by atoms with Gasteiger partial charge in [-0.15, -0.1) is 11.3 Å². The fourth-order valence-corrected chi connectivity index (χ4v) is 5.99. The number of methoxy groups -OCH3 is 1. The van der Waals surface area contributed by atoms with Crippen molar-refractivity contribution in [1.29, 1.82) is 0 Å². The van der Waals surface area contributed by atoms with E-state index in [2.05, 4.69) is 10.6 Å². The molecule has 0 unspecified atom stereocenters. The molecule has 4 rings (SSSR count). The number of rotatable bonds is 7. The summed E-state index contributed by atoms with van der Waals surface area (Å²) in [7, 11) is 1.55. The highest BCUT2D eigenvalue weighted by molar-refractivity contribution is 7.99. The summed E-state index contributed by atoms with van der Waals surface area (Å²) < 4.78 is 7.03. The van der Waals surface area contributed by atoms with Crippen LogP contribution in [-0.2, 0) is 17.6 Å². The summed E-state index contributed by atoms with van der Waals surface area (Å²) in [4.78, 5) is 44.6. The second-order valence-electron chi connectivity index (χ2n) is 7.69. The molecule has 2 aromatic heterocycles. The van der Waals surface area contributed by atoms with Gasteiger partial charge in [0.2, 0.25) is 5.91 Å². The number of para-hydroxylation sites is 2. The van der Waals surface area contributed by atoms with E-state index >= 15 is 0 Å². The summed E-state index contributed by atoms with van der Waals surface area (Å²) in [6, 6.07) is 6.72. The molecule has 0 atom stereocenters. The molecule has 2 N–H and O–H groups in total. The lowest BCUT2D eigenvalue weighted by atomic mass is 9.97. The maximum atomic E-state index is 13.8. The Morgan fingerprint density at radius 1 is 1.24 bits per heavy atom. The first-order chi connectivity index (χ1) is 16.0. The fourth-order valence-electron chi connectivity index (χ4n) is 3.89. The third kappa shape index (κ3) is 4.91. The van der Waals surface area contributed by atoms with Crippen LogP contribution in [0.3, 0.4) is 0 Å². The Labute approximate surface area is 199 Å². The van der Waals surface area contributed by atoms with Crippen molar-refractivity contribution in [2.45, 2.75) is 44.2 Å². The maximum absolute atomic E-state index is 13.8. The zero-order valence-electron chi connectivity index (χ0n) is 18.6. The Bertz CT molecular complexity index is 1250. The predicted molar refractivity (Wildman–Crippen MR) is 131 cm³/mol. The molecule has 33 heavy (non-hydrogen) atoms. The maximum Gasteiger partial charge on any atom is 0.321 e. The van der Waals surface area contributed by atoms with Gasteiger partial charge in [-0.1, -0.05) is 30.8 Å². The first-order valence-corrected chi connectivity index (χ1v) is 12.7. The van der Waals surface area contributed by atoms with Crippen LogP contribution in [0, 0.1) is 0 Å². The first-order valence-electron chi connectivity index (χ1n) is 10.9. The number of thiophene rings is 1. The molecule has 174 valence electrons. The van der Waals surface area contributed by atoms with Crippen molar-refractivity contribution < 1.29 is 14.3 Å². The molecule has 0 fully saturated rings. The molecular weight excluding hydrogens is 460 g/mol. The van der Waals surface area contributed by atoms with Crippen molar-refractivity contribution in [2.24, 2.45) is 0 Å². The first kappa shape index (κ1) is 23.3. The number of fused-ring (bicyclic) bond motifs is 3. The summed E-state index contributed by atoms with van der Waals surface area (Å²) in [5.41, 5.74) is 1.51. The van der Waals surface area contributed by atoms with Crippen LogP contribution in [0.5, 0.6) is 5.75 Å². The predicted octanol–water partition coefficient (Wildman–Crippen LogP) is 3.66. The number of hydrogen-bond acceptors (Lipinski definition) is 7. The summed E-state index contributed by atoms with van der Waals surface area (Å²) >= 11 is 2.68. The molecule has 10 heteroatoms. The van der Waals surface area contributed by atoms with Gasteiger partial charge in [0.15, 0.2) is 5.16 Å².